The van der Waals surface area contributed by atoms with E-state index in [1.54, 1.807) is 0 Å². The van der Waals surface area contributed by atoms with E-state index in [1.807, 2.05) is 0 Å². The molecule has 58 heavy (non-hydrogen) atoms. The van der Waals surface area contributed by atoms with Gasteiger partial charge in [-0.05, 0) is 104 Å². The van der Waals surface area contributed by atoms with E-state index in [1.165, 1.54) is 238 Å². The molecule has 0 amide bonds. The maximum absolute atomic E-state index is 10.3. The van der Waals surface area contributed by atoms with Crippen LogP contribution in [0.15, 0.2) is 48.6 Å². The molecule has 3 nitrogen and oxygen atoms in total. The van der Waals surface area contributed by atoms with Crippen LogP contribution in [0.4, 0.5) is 0 Å². The van der Waals surface area contributed by atoms with Gasteiger partial charge < -0.3 is 10.0 Å². The second-order valence-electron chi connectivity index (χ2n) is 17.6. The standard InChI is InChI=1S/C37H69N.C18H36O2/c1-4-6-8-10-12-14-16-18-20-22-24-26-28-30-32-34-36-38(3)37-35-33-31-29-27-25-23-21-19-17-15-13-11-9-7-5-2;1-2-3-4-5-6-7-8-9-10-11-12-13-14-15-16-17-18(19)20/h12-15,18-21H,4-11,16-17,22-37H2,1-3H3;2-17H2,1H3,(H,19,20)/b14-12-,15-13-,20-18-,21-19-;. The molecule has 0 spiro atoms. The molecule has 342 valence electrons. The number of allylic oxidation sites excluding steroid dienone is 8. The summed E-state index contributed by atoms with van der Waals surface area (Å²) >= 11 is 0. The van der Waals surface area contributed by atoms with Gasteiger partial charge in [0.1, 0.15) is 0 Å². The summed E-state index contributed by atoms with van der Waals surface area (Å²) in [7, 11) is 2.32. The number of hydrogen-bond donors (Lipinski definition) is 1. The fourth-order valence-electron chi connectivity index (χ4n) is 7.50. The average Bonchev–Trinajstić information content (AvgIpc) is 3.22. The van der Waals surface area contributed by atoms with Crippen LogP contribution in [0.3, 0.4) is 0 Å². The summed E-state index contributed by atoms with van der Waals surface area (Å²) in [6, 6.07) is 0. The molecule has 0 aliphatic rings. The lowest BCUT2D eigenvalue weighted by atomic mass is 10.0. The maximum atomic E-state index is 10.3. The van der Waals surface area contributed by atoms with E-state index in [9.17, 15) is 4.79 Å². The summed E-state index contributed by atoms with van der Waals surface area (Å²) in [5, 5.41) is 8.52. The van der Waals surface area contributed by atoms with Gasteiger partial charge in [-0.25, -0.2) is 0 Å². The van der Waals surface area contributed by atoms with Crippen molar-refractivity contribution in [3.05, 3.63) is 48.6 Å². The number of nitrogens with zero attached hydrogens (tertiary/aromatic N) is 1. The molecule has 0 saturated carbocycles. The Kier molecular flexibility index (Phi) is 55.9. The summed E-state index contributed by atoms with van der Waals surface area (Å²) in [4.78, 5) is 12.9. The topological polar surface area (TPSA) is 40.5 Å². The highest BCUT2D eigenvalue weighted by Gasteiger charge is 2.00. The Hall–Kier alpha value is -1.61. The minimum atomic E-state index is -0.653. The van der Waals surface area contributed by atoms with Crippen LogP contribution in [0.25, 0.3) is 0 Å². The first-order valence-corrected chi connectivity index (χ1v) is 26.1. The molecule has 0 unspecified atom stereocenters. The van der Waals surface area contributed by atoms with Crippen molar-refractivity contribution in [2.75, 3.05) is 20.1 Å². The Labute approximate surface area is 365 Å². The zero-order valence-electron chi connectivity index (χ0n) is 40.1. The predicted molar refractivity (Wildman–Crippen MR) is 263 cm³/mol. The number of rotatable bonds is 46. The van der Waals surface area contributed by atoms with E-state index in [0.717, 1.165) is 25.7 Å². The molecule has 3 heteroatoms. The van der Waals surface area contributed by atoms with Crippen molar-refractivity contribution in [1.82, 2.24) is 4.90 Å². The van der Waals surface area contributed by atoms with Crippen LogP contribution in [0.5, 0.6) is 0 Å². The van der Waals surface area contributed by atoms with Gasteiger partial charge in [0.15, 0.2) is 0 Å². The van der Waals surface area contributed by atoms with Gasteiger partial charge >= 0.3 is 5.97 Å². The molecule has 0 radical (unpaired) electrons. The van der Waals surface area contributed by atoms with Gasteiger partial charge in [-0.3, -0.25) is 4.79 Å². The average molecular weight is 812 g/mol. The highest BCUT2D eigenvalue weighted by molar-refractivity contribution is 5.66. The Morgan fingerprint density at radius 2 is 0.586 bits per heavy atom. The second-order valence-corrected chi connectivity index (χ2v) is 17.6. The number of carbonyl (C=O) groups is 1. The SMILES string of the molecule is CCCCC/C=C\C/C=C\CCCCCCCCN(C)CCCCCCCC/C=C\C/C=C\CCCCC.CCCCCCCCCCCCCCCCCC(=O)O. The summed E-state index contributed by atoms with van der Waals surface area (Å²) in [6.45, 7) is 9.38. The highest BCUT2D eigenvalue weighted by atomic mass is 16.4. The molecule has 1 N–H and O–H groups in total. The zero-order chi connectivity index (χ0) is 42.5. The maximum Gasteiger partial charge on any atom is 0.303 e. The summed E-state index contributed by atoms with van der Waals surface area (Å²) in [6.07, 6.45) is 71.2. The van der Waals surface area contributed by atoms with Gasteiger partial charge in [0.05, 0.1) is 0 Å². The van der Waals surface area contributed by atoms with Crippen molar-refractivity contribution in [2.24, 2.45) is 0 Å². The number of unbranched alkanes of at least 4 members (excludes halogenated alkanes) is 32. The van der Waals surface area contributed by atoms with E-state index < -0.39 is 5.97 Å². The Morgan fingerprint density at radius 3 is 0.897 bits per heavy atom. The number of carboxylic acids is 1. The molecule has 0 aliphatic carbocycles. The molecule has 0 atom stereocenters. The molecule has 0 aromatic carbocycles. The van der Waals surface area contributed by atoms with Gasteiger partial charge in [0, 0.05) is 6.42 Å². The van der Waals surface area contributed by atoms with Crippen LogP contribution in [-0.4, -0.2) is 36.1 Å². The first kappa shape index (κ1) is 58.5. The van der Waals surface area contributed by atoms with Crippen molar-refractivity contribution in [2.45, 2.75) is 278 Å². The summed E-state index contributed by atoms with van der Waals surface area (Å²) in [5.41, 5.74) is 0. The summed E-state index contributed by atoms with van der Waals surface area (Å²) < 4.78 is 0. The van der Waals surface area contributed by atoms with Gasteiger partial charge in [-0.2, -0.15) is 0 Å². The van der Waals surface area contributed by atoms with Gasteiger partial charge in [-0.15, -0.1) is 0 Å². The molecule has 0 rings (SSSR count). The third-order valence-electron chi connectivity index (χ3n) is 11.5. The number of hydrogen-bond acceptors (Lipinski definition) is 2. The normalized spacial score (nSPS) is 11.9. The molecule has 0 saturated heterocycles. The third kappa shape index (κ3) is 58.7. The van der Waals surface area contributed by atoms with E-state index >= 15 is 0 Å². The minimum Gasteiger partial charge on any atom is -0.481 e. The monoisotopic (exact) mass is 812 g/mol. The molecular formula is C55H105NO2. The first-order chi connectivity index (χ1) is 28.6. The Morgan fingerprint density at radius 1 is 0.345 bits per heavy atom. The molecule has 0 aromatic rings. The van der Waals surface area contributed by atoms with Crippen molar-refractivity contribution >= 4 is 5.97 Å². The molecule has 0 aliphatic heterocycles. The Bertz CT molecular complexity index is 825. The van der Waals surface area contributed by atoms with E-state index in [2.05, 4.69) is 81.3 Å². The van der Waals surface area contributed by atoms with Crippen molar-refractivity contribution < 1.29 is 9.90 Å². The fourth-order valence-corrected chi connectivity index (χ4v) is 7.50. The summed E-state index contributed by atoms with van der Waals surface area (Å²) in [5.74, 6) is -0.653. The van der Waals surface area contributed by atoms with Crippen LogP contribution in [0, 0.1) is 0 Å². The van der Waals surface area contributed by atoms with Gasteiger partial charge in [-0.1, -0.05) is 236 Å². The van der Waals surface area contributed by atoms with Gasteiger partial charge in [0.25, 0.3) is 0 Å². The molecule has 0 bridgehead atoms. The smallest absolute Gasteiger partial charge is 0.303 e. The highest BCUT2D eigenvalue weighted by Crippen LogP contribution is 2.14. The second kappa shape index (κ2) is 55.4. The van der Waals surface area contributed by atoms with Crippen LogP contribution in [0.1, 0.15) is 278 Å². The van der Waals surface area contributed by atoms with Crippen LogP contribution in [-0.2, 0) is 4.79 Å². The third-order valence-corrected chi connectivity index (χ3v) is 11.5. The lowest BCUT2D eigenvalue weighted by molar-refractivity contribution is -0.137. The van der Waals surface area contributed by atoms with E-state index in [0.29, 0.717) is 6.42 Å². The largest absolute Gasteiger partial charge is 0.481 e. The molecule has 0 heterocycles. The minimum absolute atomic E-state index is 0.345. The molecule has 0 fully saturated rings. The van der Waals surface area contributed by atoms with Crippen molar-refractivity contribution in [1.29, 1.82) is 0 Å². The van der Waals surface area contributed by atoms with Gasteiger partial charge in [0.2, 0.25) is 0 Å². The first-order valence-electron chi connectivity index (χ1n) is 26.1. The molecule has 0 aromatic heterocycles. The fraction of sp³-hybridized carbons (Fsp3) is 0.836. The van der Waals surface area contributed by atoms with E-state index in [-0.39, 0.29) is 0 Å². The predicted octanol–water partition coefficient (Wildman–Crippen LogP) is 18.9. The Balaban J connectivity index is 0. The number of aliphatic carboxylic acids is 1. The van der Waals surface area contributed by atoms with Crippen LogP contribution < -0.4 is 0 Å². The van der Waals surface area contributed by atoms with E-state index in [4.69, 9.17) is 5.11 Å². The lowest BCUT2D eigenvalue weighted by Crippen LogP contribution is -2.20. The zero-order valence-corrected chi connectivity index (χ0v) is 40.1. The van der Waals surface area contributed by atoms with Crippen molar-refractivity contribution in [3.8, 4) is 0 Å². The number of carboxylic acid groups (broad SMARTS) is 1. The quantitative estimate of drug-likeness (QED) is 0.0492. The van der Waals surface area contributed by atoms with Crippen molar-refractivity contribution in [3.63, 3.8) is 0 Å². The van der Waals surface area contributed by atoms with Crippen LogP contribution in [0.2, 0.25) is 0 Å². The molecular weight excluding hydrogens is 707 g/mol. The van der Waals surface area contributed by atoms with Crippen LogP contribution >= 0.6 is 0 Å². The lowest BCUT2D eigenvalue weighted by Gasteiger charge is -2.16.